The van der Waals surface area contributed by atoms with E-state index in [1.807, 2.05) is 0 Å². The average molecular weight is 474 g/mol. The summed E-state index contributed by atoms with van der Waals surface area (Å²) < 4.78 is 29.3. The van der Waals surface area contributed by atoms with E-state index in [4.69, 9.17) is 21.4 Å². The predicted molar refractivity (Wildman–Crippen MR) is 125 cm³/mol. The largest absolute Gasteiger partial charge is 0.493 e. The molecular weight excluding hydrogens is 438 g/mol. The maximum Gasteiger partial charge on any atom is 0.252 e. The predicted octanol–water partition coefficient (Wildman–Crippen LogP) is 4.24. The van der Waals surface area contributed by atoms with Gasteiger partial charge in [-0.25, -0.2) is 8.42 Å². The van der Waals surface area contributed by atoms with Gasteiger partial charge in [0, 0.05) is 13.2 Å². The Balaban J connectivity index is 0.00000341. The van der Waals surface area contributed by atoms with E-state index >= 15 is 0 Å². The Bertz CT molecular complexity index is 832. The van der Waals surface area contributed by atoms with Gasteiger partial charge in [-0.1, -0.05) is 44.7 Å². The molecule has 2 saturated carbocycles. The second kappa shape index (κ2) is 11.5. The Hall–Kier alpha value is -1.31. The molecule has 0 radical (unpaired) electrons. The molecule has 0 unspecified atom stereocenters. The lowest BCUT2D eigenvalue weighted by atomic mass is 9.62. The summed E-state index contributed by atoms with van der Waals surface area (Å²) in [5.74, 6) is 0.793. The molecule has 2 N–H and O–H groups in total. The Kier molecular flexibility index (Phi) is 9.65. The van der Waals surface area contributed by atoms with Crippen LogP contribution in [0.3, 0.4) is 0 Å². The van der Waals surface area contributed by atoms with Crippen LogP contribution < -0.4 is 10.1 Å². The van der Waals surface area contributed by atoms with E-state index in [9.17, 15) is 13.2 Å². The van der Waals surface area contributed by atoms with Crippen LogP contribution in [-0.4, -0.2) is 50.7 Å². The number of aliphatic hydroxyl groups excluding tert-OH is 1. The molecule has 2 aliphatic rings. The van der Waals surface area contributed by atoms with Gasteiger partial charge in [0.1, 0.15) is 12.4 Å². The number of hydrogen-bond acceptors (Lipinski definition) is 5. The highest BCUT2D eigenvalue weighted by atomic mass is 35.5. The Labute approximate surface area is 191 Å². The molecule has 0 aliphatic heterocycles. The third-order valence-corrected chi connectivity index (χ3v) is 8.47. The lowest BCUT2D eigenvalue weighted by molar-refractivity contribution is 0.0681. The maximum absolute atomic E-state index is 12.8. The third kappa shape index (κ3) is 7.36. The van der Waals surface area contributed by atoms with Gasteiger partial charge in [0.25, 0.3) is 5.91 Å². The molecule has 6 nitrogen and oxygen atoms in total. The van der Waals surface area contributed by atoms with E-state index in [2.05, 4.69) is 5.32 Å². The van der Waals surface area contributed by atoms with E-state index in [0.717, 1.165) is 5.92 Å². The number of carbonyl (C=O) groups is 1. The number of aliphatic hydroxyl groups is 1. The topological polar surface area (TPSA) is 92.7 Å². The summed E-state index contributed by atoms with van der Waals surface area (Å²) >= 11 is 6.24. The van der Waals surface area contributed by atoms with Crippen LogP contribution >= 0.6 is 11.6 Å². The first-order chi connectivity index (χ1) is 14.3. The van der Waals surface area contributed by atoms with E-state index in [1.165, 1.54) is 44.9 Å². The molecule has 0 atom stereocenters. The van der Waals surface area contributed by atoms with Crippen LogP contribution in [0.1, 0.15) is 69.2 Å². The second-order valence-electron chi connectivity index (χ2n) is 8.76. The standard InChI is InChI=1S/C22H32ClNO5S.CH4/c23-20-7-6-18(29-11-13-30(27,28)12-3-10-25)14-19(20)21(26)24-16-22-8-1-4-17(15-22)5-2-9-22;/h6-7,14,17,25H,1-5,8-13,15-16H2,(H,24,26);1H4. The van der Waals surface area contributed by atoms with Gasteiger partial charge in [0.15, 0.2) is 9.84 Å². The molecule has 0 saturated heterocycles. The molecule has 2 aliphatic carbocycles. The number of fused-ring (bicyclic) bond motifs is 2. The SMILES string of the molecule is C.O=C(NCC12CCCC(CCC1)C2)c1cc(OCCS(=O)(=O)CCCO)ccc1Cl. The second-order valence-corrected chi connectivity index (χ2v) is 11.5. The summed E-state index contributed by atoms with van der Waals surface area (Å²) in [7, 11) is -3.27. The minimum Gasteiger partial charge on any atom is -0.493 e. The van der Waals surface area contributed by atoms with Gasteiger partial charge < -0.3 is 15.2 Å². The van der Waals surface area contributed by atoms with Crippen molar-refractivity contribution in [2.24, 2.45) is 11.3 Å². The van der Waals surface area contributed by atoms with E-state index in [-0.39, 0.29) is 49.9 Å². The maximum atomic E-state index is 12.8. The Morgan fingerprint density at radius 1 is 1.23 bits per heavy atom. The van der Waals surface area contributed by atoms with Crippen molar-refractivity contribution in [3.63, 3.8) is 0 Å². The smallest absolute Gasteiger partial charge is 0.252 e. The Morgan fingerprint density at radius 3 is 2.61 bits per heavy atom. The van der Waals surface area contributed by atoms with Gasteiger partial charge in [-0.2, -0.15) is 0 Å². The fraction of sp³-hybridized carbons (Fsp3) is 0.696. The van der Waals surface area contributed by atoms with Crippen molar-refractivity contribution in [1.82, 2.24) is 5.32 Å². The minimum atomic E-state index is -3.27. The molecule has 1 amide bonds. The van der Waals surface area contributed by atoms with Crippen LogP contribution in [0.2, 0.25) is 5.02 Å². The van der Waals surface area contributed by atoms with Crippen molar-refractivity contribution < 1.29 is 23.1 Å². The number of sulfone groups is 1. The van der Waals surface area contributed by atoms with Gasteiger partial charge in [-0.05, 0) is 55.2 Å². The molecule has 0 spiro atoms. The molecule has 1 aromatic rings. The number of carbonyl (C=O) groups excluding carboxylic acids is 1. The fourth-order valence-corrected chi connectivity index (χ4v) is 6.19. The van der Waals surface area contributed by atoms with Crippen LogP contribution in [-0.2, 0) is 9.84 Å². The van der Waals surface area contributed by atoms with Crippen molar-refractivity contribution in [3.8, 4) is 5.75 Å². The van der Waals surface area contributed by atoms with Crippen LogP contribution in [0, 0.1) is 11.3 Å². The molecule has 2 fully saturated rings. The highest BCUT2D eigenvalue weighted by Crippen LogP contribution is 2.48. The van der Waals surface area contributed by atoms with Crippen molar-refractivity contribution in [3.05, 3.63) is 28.8 Å². The van der Waals surface area contributed by atoms with Crippen molar-refractivity contribution in [2.45, 2.75) is 58.8 Å². The van der Waals surface area contributed by atoms with Gasteiger partial charge in [-0.15, -0.1) is 0 Å². The van der Waals surface area contributed by atoms with E-state index < -0.39 is 9.84 Å². The zero-order valence-electron chi connectivity index (χ0n) is 17.4. The fourth-order valence-electron chi connectivity index (χ4n) is 4.87. The normalized spacial score (nSPS) is 23.0. The molecule has 8 heteroatoms. The molecule has 31 heavy (non-hydrogen) atoms. The van der Waals surface area contributed by atoms with E-state index in [1.54, 1.807) is 18.2 Å². The lowest BCUT2D eigenvalue weighted by Crippen LogP contribution is -2.43. The molecule has 2 bridgehead atoms. The van der Waals surface area contributed by atoms with Crippen LogP contribution in [0.25, 0.3) is 0 Å². The number of amides is 1. The summed E-state index contributed by atoms with van der Waals surface area (Å²) in [6.07, 6.45) is 8.88. The number of ether oxygens (including phenoxy) is 1. The number of benzene rings is 1. The van der Waals surface area contributed by atoms with Crippen LogP contribution in [0.5, 0.6) is 5.75 Å². The van der Waals surface area contributed by atoms with Gasteiger partial charge in [-0.3, -0.25) is 4.79 Å². The van der Waals surface area contributed by atoms with Crippen molar-refractivity contribution >= 4 is 27.3 Å². The number of halogens is 1. The zero-order valence-corrected chi connectivity index (χ0v) is 18.9. The molecule has 0 aromatic heterocycles. The lowest BCUT2D eigenvalue weighted by Gasteiger charge is -2.45. The van der Waals surface area contributed by atoms with Gasteiger partial charge in [0.05, 0.1) is 22.1 Å². The molecule has 1 aromatic carbocycles. The summed E-state index contributed by atoms with van der Waals surface area (Å²) in [4.78, 5) is 12.8. The summed E-state index contributed by atoms with van der Waals surface area (Å²) in [6.45, 7) is 0.505. The van der Waals surface area contributed by atoms with Crippen LogP contribution in [0.15, 0.2) is 18.2 Å². The molecular formula is C23H36ClNO5S. The number of nitrogens with one attached hydrogen (secondary N) is 1. The first-order valence-corrected chi connectivity index (χ1v) is 13.0. The minimum absolute atomic E-state index is 0. The monoisotopic (exact) mass is 473 g/mol. The van der Waals surface area contributed by atoms with Gasteiger partial charge >= 0.3 is 0 Å². The van der Waals surface area contributed by atoms with Crippen LogP contribution in [0.4, 0.5) is 0 Å². The first kappa shape index (κ1) is 25.9. The highest BCUT2D eigenvalue weighted by Gasteiger charge is 2.39. The quantitative estimate of drug-likeness (QED) is 0.530. The zero-order chi connectivity index (χ0) is 21.6. The molecule has 3 rings (SSSR count). The van der Waals surface area contributed by atoms with Crippen molar-refractivity contribution in [1.29, 1.82) is 0 Å². The molecule has 176 valence electrons. The van der Waals surface area contributed by atoms with Gasteiger partial charge in [0.2, 0.25) is 0 Å². The summed E-state index contributed by atoms with van der Waals surface area (Å²) in [5.41, 5.74) is 0.567. The van der Waals surface area contributed by atoms with E-state index in [0.29, 0.717) is 22.9 Å². The van der Waals surface area contributed by atoms with Crippen molar-refractivity contribution in [2.75, 3.05) is 31.3 Å². The summed E-state index contributed by atoms with van der Waals surface area (Å²) in [5, 5.41) is 12.2. The number of rotatable bonds is 10. The number of hydrogen-bond donors (Lipinski definition) is 2. The third-order valence-electron chi connectivity index (χ3n) is 6.44. The first-order valence-electron chi connectivity index (χ1n) is 10.8. The average Bonchev–Trinajstić information content (AvgIpc) is 2.72. The Morgan fingerprint density at radius 2 is 1.94 bits per heavy atom. The highest BCUT2D eigenvalue weighted by molar-refractivity contribution is 7.91. The summed E-state index contributed by atoms with van der Waals surface area (Å²) in [6, 6.07) is 4.80. The molecule has 0 heterocycles.